The van der Waals surface area contributed by atoms with Gasteiger partial charge in [-0.2, -0.15) is 0 Å². The topological polar surface area (TPSA) is 3.24 Å². The molecule has 0 N–H and O–H groups in total. The maximum atomic E-state index is 6.04. The molecule has 0 bridgehead atoms. The summed E-state index contributed by atoms with van der Waals surface area (Å²) in [6, 6.07) is 15.1. The molecule has 0 aromatic heterocycles. The van der Waals surface area contributed by atoms with E-state index < -0.39 is 0 Å². The second-order valence-electron chi connectivity index (χ2n) is 4.68. The second kappa shape index (κ2) is 5.59. The fourth-order valence-electron chi connectivity index (χ4n) is 2.18. The largest absolute Gasteiger partial charge is 0.378 e. The molecule has 0 amide bonds. The van der Waals surface area contributed by atoms with Crippen LogP contribution in [0.5, 0.6) is 0 Å². The van der Waals surface area contributed by atoms with E-state index in [1.54, 1.807) is 0 Å². The van der Waals surface area contributed by atoms with E-state index in [0.29, 0.717) is 5.88 Å². The maximum Gasteiger partial charge on any atom is 0.0480 e. The zero-order valence-electron chi connectivity index (χ0n) is 11.1. The first kappa shape index (κ1) is 13.2. The molecule has 0 saturated carbocycles. The minimum atomic E-state index is 0.570. The Morgan fingerprint density at radius 2 is 1.72 bits per heavy atom. The van der Waals surface area contributed by atoms with Crippen LogP contribution in [-0.4, -0.2) is 24.3 Å². The Kier molecular flexibility index (Phi) is 4.10. The third-order valence-electron chi connectivity index (χ3n) is 3.18. The third kappa shape index (κ3) is 2.60. The van der Waals surface area contributed by atoms with Gasteiger partial charge in [-0.1, -0.05) is 35.5 Å². The van der Waals surface area contributed by atoms with Crippen LogP contribution in [-0.2, 0) is 5.88 Å². The summed E-state index contributed by atoms with van der Waals surface area (Å²) in [5.74, 6) is 0.570. The zero-order valence-corrected chi connectivity index (χ0v) is 13.8. The lowest BCUT2D eigenvalue weighted by atomic mass is 10.00. The number of alkyl halides is 1. The smallest absolute Gasteiger partial charge is 0.0480 e. The third-order valence-corrected chi connectivity index (χ3v) is 4.30. The molecular weight excluding hydrogens is 258 g/mol. The van der Waals surface area contributed by atoms with Crippen LogP contribution in [0.1, 0.15) is 5.56 Å². The molecule has 0 radical (unpaired) electrons. The summed E-state index contributed by atoms with van der Waals surface area (Å²) in [6.45, 7) is 0. The summed E-state index contributed by atoms with van der Waals surface area (Å²) in [5.41, 5.74) is 5.03. The molecule has 3 heteroatoms. The molecular formula is C15H18ClNSi. The first-order valence-electron chi connectivity index (χ1n) is 6.05. The zero-order chi connectivity index (χ0) is 13.1. The van der Waals surface area contributed by atoms with Crippen molar-refractivity contribution in [2.45, 2.75) is 5.88 Å². The van der Waals surface area contributed by atoms with Crippen molar-refractivity contribution in [3.63, 3.8) is 0 Å². The Morgan fingerprint density at radius 1 is 1.06 bits per heavy atom. The van der Waals surface area contributed by atoms with Crippen molar-refractivity contribution >= 4 is 32.7 Å². The van der Waals surface area contributed by atoms with Gasteiger partial charge in [-0.05, 0) is 28.8 Å². The van der Waals surface area contributed by atoms with Crippen molar-refractivity contribution in [1.29, 1.82) is 0 Å². The average molecular weight is 276 g/mol. The van der Waals surface area contributed by atoms with E-state index in [9.17, 15) is 0 Å². The Labute approximate surface area is 117 Å². The number of nitrogens with zero attached hydrogens (tertiary/aromatic N) is 1. The Morgan fingerprint density at radius 3 is 2.28 bits per heavy atom. The molecule has 0 aliphatic heterocycles. The van der Waals surface area contributed by atoms with Gasteiger partial charge in [0.2, 0.25) is 0 Å². The van der Waals surface area contributed by atoms with E-state index >= 15 is 0 Å². The molecule has 0 heterocycles. The molecule has 1 nitrogen and oxygen atoms in total. The van der Waals surface area contributed by atoms with Crippen LogP contribution in [0, 0.1) is 0 Å². The van der Waals surface area contributed by atoms with Gasteiger partial charge in [0.1, 0.15) is 0 Å². The lowest BCUT2D eigenvalue weighted by molar-refractivity contribution is 1.13. The molecule has 0 fully saturated rings. The van der Waals surface area contributed by atoms with Gasteiger partial charge in [0, 0.05) is 35.9 Å². The van der Waals surface area contributed by atoms with E-state index in [4.69, 9.17) is 11.6 Å². The summed E-state index contributed by atoms with van der Waals surface area (Å²) in [7, 11) is 5.15. The highest BCUT2D eigenvalue weighted by Gasteiger charge is 2.07. The van der Waals surface area contributed by atoms with Gasteiger partial charge in [0.05, 0.1) is 0 Å². The standard InChI is InChI=1S/C15H18ClNSi/c1-17(2)13-8-6-11(7-9-13)15-12(10-16)4-3-5-14(15)18/h3-9H,10H2,1-2,18H3. The fourth-order valence-corrected chi connectivity index (χ4v) is 3.20. The summed E-state index contributed by atoms with van der Waals surface area (Å²) in [4.78, 5) is 2.11. The summed E-state index contributed by atoms with van der Waals surface area (Å²) >= 11 is 6.04. The second-order valence-corrected chi connectivity index (χ2v) is 6.03. The number of hydrogen-bond donors (Lipinski definition) is 0. The molecule has 0 atom stereocenters. The van der Waals surface area contributed by atoms with E-state index in [0.717, 1.165) is 10.2 Å². The summed E-state index contributed by atoms with van der Waals surface area (Å²) in [6.07, 6.45) is 0. The molecule has 18 heavy (non-hydrogen) atoms. The maximum absolute atomic E-state index is 6.04. The van der Waals surface area contributed by atoms with Gasteiger partial charge in [-0.15, -0.1) is 11.6 Å². The average Bonchev–Trinajstić information content (AvgIpc) is 2.38. The first-order valence-corrected chi connectivity index (χ1v) is 7.59. The molecule has 2 rings (SSSR count). The van der Waals surface area contributed by atoms with Crippen LogP contribution in [0.2, 0.25) is 0 Å². The Bertz CT molecular complexity index is 535. The van der Waals surface area contributed by atoms with Crippen LogP contribution in [0.25, 0.3) is 11.1 Å². The SMILES string of the molecule is CN(C)c1ccc(-c2c([SiH3])cccc2CCl)cc1. The van der Waals surface area contributed by atoms with Crippen molar-refractivity contribution in [2.24, 2.45) is 0 Å². The Balaban J connectivity index is 2.48. The molecule has 2 aromatic carbocycles. The normalized spacial score (nSPS) is 10.6. The van der Waals surface area contributed by atoms with Crippen LogP contribution < -0.4 is 10.1 Å². The lowest BCUT2D eigenvalue weighted by Crippen LogP contribution is -2.10. The first-order chi connectivity index (χ1) is 8.63. The van der Waals surface area contributed by atoms with Gasteiger partial charge < -0.3 is 4.90 Å². The van der Waals surface area contributed by atoms with Crippen molar-refractivity contribution < 1.29 is 0 Å². The molecule has 0 aliphatic rings. The van der Waals surface area contributed by atoms with E-state index in [1.165, 1.54) is 27.6 Å². The molecule has 0 saturated heterocycles. The van der Waals surface area contributed by atoms with E-state index in [2.05, 4.69) is 61.5 Å². The molecule has 0 aliphatic carbocycles. The van der Waals surface area contributed by atoms with E-state index in [-0.39, 0.29) is 0 Å². The summed E-state index contributed by atoms with van der Waals surface area (Å²) < 4.78 is 0. The number of hydrogen-bond acceptors (Lipinski definition) is 1. The van der Waals surface area contributed by atoms with Gasteiger partial charge in [0.25, 0.3) is 0 Å². The monoisotopic (exact) mass is 275 g/mol. The van der Waals surface area contributed by atoms with Crippen LogP contribution in [0.3, 0.4) is 0 Å². The van der Waals surface area contributed by atoms with Crippen molar-refractivity contribution in [3.8, 4) is 11.1 Å². The predicted molar refractivity (Wildman–Crippen MR) is 85.3 cm³/mol. The molecule has 94 valence electrons. The van der Waals surface area contributed by atoms with Crippen molar-refractivity contribution in [1.82, 2.24) is 0 Å². The van der Waals surface area contributed by atoms with Gasteiger partial charge in [-0.25, -0.2) is 0 Å². The van der Waals surface area contributed by atoms with Crippen LogP contribution in [0.15, 0.2) is 42.5 Å². The van der Waals surface area contributed by atoms with Crippen molar-refractivity contribution in [2.75, 3.05) is 19.0 Å². The molecule has 0 spiro atoms. The minimum Gasteiger partial charge on any atom is -0.378 e. The Hall–Kier alpha value is -1.25. The van der Waals surface area contributed by atoms with Gasteiger partial charge >= 0.3 is 0 Å². The van der Waals surface area contributed by atoms with Gasteiger partial charge in [-0.3, -0.25) is 0 Å². The number of benzene rings is 2. The molecule has 0 unspecified atom stereocenters. The number of halogens is 1. The quantitative estimate of drug-likeness (QED) is 0.613. The van der Waals surface area contributed by atoms with Gasteiger partial charge in [0.15, 0.2) is 0 Å². The highest BCUT2D eigenvalue weighted by molar-refractivity contribution is 6.36. The van der Waals surface area contributed by atoms with Crippen molar-refractivity contribution in [3.05, 3.63) is 48.0 Å². The van der Waals surface area contributed by atoms with E-state index in [1.807, 2.05) is 0 Å². The minimum absolute atomic E-state index is 0.570. The number of anilines is 1. The van der Waals surface area contributed by atoms with Crippen LogP contribution in [0.4, 0.5) is 5.69 Å². The summed E-state index contributed by atoms with van der Waals surface area (Å²) in [5, 5.41) is 1.41. The molecule has 2 aromatic rings. The highest BCUT2D eigenvalue weighted by Crippen LogP contribution is 2.25. The van der Waals surface area contributed by atoms with Crippen LogP contribution >= 0.6 is 11.6 Å². The lowest BCUT2D eigenvalue weighted by Gasteiger charge is -2.15. The fraction of sp³-hybridized carbons (Fsp3) is 0.200. The number of rotatable bonds is 3. The predicted octanol–water partition coefficient (Wildman–Crippen LogP) is 2.15. The highest BCUT2D eigenvalue weighted by atomic mass is 35.5.